The average Bonchev–Trinajstić information content (AvgIpc) is 1.59. The van der Waals surface area contributed by atoms with Crippen LogP contribution in [0.25, 0.3) is 0 Å². The van der Waals surface area contributed by atoms with Crippen molar-refractivity contribution in [3.63, 3.8) is 0 Å². The van der Waals surface area contributed by atoms with Gasteiger partial charge < -0.3 is 4.74 Å². The van der Waals surface area contributed by atoms with E-state index in [1.54, 1.807) is 0 Å². The van der Waals surface area contributed by atoms with Crippen molar-refractivity contribution in [1.29, 1.82) is 0 Å². The van der Waals surface area contributed by atoms with Crippen molar-refractivity contribution in [2.75, 3.05) is 13.7 Å². The van der Waals surface area contributed by atoms with Crippen LogP contribution >= 0.6 is 0 Å². The van der Waals surface area contributed by atoms with E-state index < -0.39 is 19.3 Å². The number of ether oxygens (including phenoxy) is 2. The van der Waals surface area contributed by atoms with Crippen LogP contribution in [0.4, 0.5) is 17.6 Å². The molecule has 2 nitrogen and oxygen atoms in total. The van der Waals surface area contributed by atoms with E-state index in [0.29, 0.717) is 0 Å². The molecule has 0 rings (SSSR count). The normalized spacial score (nSPS) is 15.3. The fourth-order valence-corrected chi connectivity index (χ4v) is 0.310. The Kier molecular flexibility index (Phi) is 3.59. The third kappa shape index (κ3) is 5.77. The van der Waals surface area contributed by atoms with Gasteiger partial charge in [0.2, 0.25) is 6.36 Å². The smallest absolute Gasteiger partial charge is 0.379 e. The highest BCUT2D eigenvalue weighted by Crippen LogP contribution is 2.19. The first-order valence-corrected chi connectivity index (χ1v) is 2.33. The van der Waals surface area contributed by atoms with E-state index in [4.69, 9.17) is 0 Å². The number of hydrogen-bond acceptors (Lipinski definition) is 2. The molecule has 0 aliphatic rings. The zero-order valence-corrected chi connectivity index (χ0v) is 5.11. The predicted molar refractivity (Wildman–Crippen MR) is 23.9 cm³/mol. The lowest BCUT2D eigenvalue weighted by atomic mass is 10.7. The molecule has 0 bridgehead atoms. The Bertz CT molecular complexity index is 91.7. The predicted octanol–water partition coefficient (Wildman–Crippen LogP) is 1.46. The number of methoxy groups -OCH3 is 1. The summed E-state index contributed by atoms with van der Waals surface area (Å²) in [5.41, 5.74) is 0. The monoisotopic (exact) mass is 162 g/mol. The zero-order chi connectivity index (χ0) is 8.20. The molecule has 0 radical (unpaired) electrons. The van der Waals surface area contributed by atoms with Crippen molar-refractivity contribution in [3.8, 4) is 0 Å². The van der Waals surface area contributed by atoms with Crippen LogP contribution in [0.1, 0.15) is 0 Å². The summed E-state index contributed by atoms with van der Waals surface area (Å²) < 4.78 is 52.1. The molecule has 0 aliphatic heterocycles. The average molecular weight is 162 g/mol. The zero-order valence-electron chi connectivity index (χ0n) is 5.11. The van der Waals surface area contributed by atoms with Crippen LogP contribution in [0.3, 0.4) is 0 Å². The van der Waals surface area contributed by atoms with Gasteiger partial charge in [-0.3, -0.25) is 4.74 Å². The number of alkyl halides is 4. The second kappa shape index (κ2) is 3.72. The van der Waals surface area contributed by atoms with Gasteiger partial charge in [-0.05, 0) is 0 Å². The Morgan fingerprint density at radius 3 is 2.20 bits per heavy atom. The molecule has 0 saturated carbocycles. The van der Waals surface area contributed by atoms with E-state index in [9.17, 15) is 17.6 Å². The van der Waals surface area contributed by atoms with Gasteiger partial charge in [-0.25, -0.2) is 4.39 Å². The van der Waals surface area contributed by atoms with Crippen LogP contribution in [0.5, 0.6) is 0 Å². The summed E-state index contributed by atoms with van der Waals surface area (Å²) in [6, 6.07) is 0. The molecule has 0 aromatic rings. The molecule has 0 aromatic heterocycles. The maximum Gasteiger partial charge on any atom is 0.525 e. The van der Waals surface area contributed by atoms with E-state index in [1.807, 2.05) is 0 Å². The van der Waals surface area contributed by atoms with Crippen LogP contribution in [0.15, 0.2) is 0 Å². The first-order valence-electron chi connectivity index (χ1n) is 2.33. The maximum absolute atomic E-state index is 11.8. The molecule has 0 aliphatic carbocycles. The van der Waals surface area contributed by atoms with Crippen LogP contribution in [0.2, 0.25) is 0 Å². The van der Waals surface area contributed by atoms with E-state index in [1.165, 1.54) is 0 Å². The summed E-state index contributed by atoms with van der Waals surface area (Å²) in [5.74, 6) is 0. The molecule has 10 heavy (non-hydrogen) atoms. The highest BCUT2D eigenvalue weighted by molar-refractivity contribution is 4.37. The van der Waals surface area contributed by atoms with Gasteiger partial charge in [-0.15, -0.1) is 13.2 Å². The number of halogens is 4. The summed E-state index contributed by atoms with van der Waals surface area (Å²) in [4.78, 5) is 0. The molecule has 0 saturated heterocycles. The second-order valence-electron chi connectivity index (χ2n) is 1.43. The lowest BCUT2D eigenvalue weighted by Gasteiger charge is -2.10. The molecule has 6 heteroatoms. The fraction of sp³-hybridized carbons (Fsp3) is 1.00. The van der Waals surface area contributed by atoms with Gasteiger partial charge >= 0.3 is 6.36 Å². The van der Waals surface area contributed by atoms with Crippen molar-refractivity contribution >= 4 is 0 Å². The first-order chi connectivity index (χ1) is 4.45. The van der Waals surface area contributed by atoms with E-state index in [0.717, 1.165) is 7.11 Å². The van der Waals surface area contributed by atoms with Gasteiger partial charge in [0.15, 0.2) is 0 Å². The summed E-state index contributed by atoms with van der Waals surface area (Å²) in [6.45, 7) is -0.723. The van der Waals surface area contributed by atoms with E-state index in [2.05, 4.69) is 9.47 Å². The molecule has 1 unspecified atom stereocenters. The summed E-state index contributed by atoms with van der Waals surface area (Å²) in [7, 11) is 1.08. The van der Waals surface area contributed by atoms with Crippen LogP contribution < -0.4 is 0 Å². The first kappa shape index (κ1) is 9.64. The van der Waals surface area contributed by atoms with Crippen LogP contribution in [-0.2, 0) is 9.47 Å². The summed E-state index contributed by atoms with van der Waals surface area (Å²) in [6.07, 6.45) is -7.37. The maximum atomic E-state index is 11.8. The van der Waals surface area contributed by atoms with Crippen LogP contribution in [-0.4, -0.2) is 26.4 Å². The lowest BCUT2D eigenvalue weighted by Crippen LogP contribution is -2.23. The topological polar surface area (TPSA) is 18.5 Å². The van der Waals surface area contributed by atoms with E-state index >= 15 is 0 Å². The quantitative estimate of drug-likeness (QED) is 0.585. The molecule has 62 valence electrons. The van der Waals surface area contributed by atoms with Crippen molar-refractivity contribution < 1.29 is 27.0 Å². The third-order valence-corrected chi connectivity index (χ3v) is 0.559. The molecule has 1 atom stereocenters. The molecule has 0 spiro atoms. The molecule has 0 N–H and O–H groups in total. The van der Waals surface area contributed by atoms with Gasteiger partial charge in [-0.2, -0.15) is 0 Å². The Morgan fingerprint density at radius 1 is 1.40 bits per heavy atom. The number of rotatable bonds is 3. The summed E-state index contributed by atoms with van der Waals surface area (Å²) >= 11 is 0. The number of hydrogen-bond donors (Lipinski definition) is 0. The highest BCUT2D eigenvalue weighted by atomic mass is 19.4. The van der Waals surface area contributed by atoms with E-state index in [-0.39, 0.29) is 0 Å². The molecular weight excluding hydrogens is 156 g/mol. The molecular formula is C4H6F4O2. The Morgan fingerprint density at radius 2 is 1.90 bits per heavy atom. The highest BCUT2D eigenvalue weighted by Gasteiger charge is 2.33. The van der Waals surface area contributed by atoms with Crippen molar-refractivity contribution in [2.24, 2.45) is 0 Å². The van der Waals surface area contributed by atoms with Gasteiger partial charge in [-0.1, -0.05) is 0 Å². The molecule has 0 fully saturated rings. The van der Waals surface area contributed by atoms with Crippen LogP contribution in [0, 0.1) is 0 Å². The van der Waals surface area contributed by atoms with Gasteiger partial charge in [0.25, 0.3) is 0 Å². The van der Waals surface area contributed by atoms with Gasteiger partial charge in [0.1, 0.15) is 6.61 Å². The Labute approximate surface area is 54.7 Å². The minimum Gasteiger partial charge on any atom is -0.379 e. The minimum atomic E-state index is -4.93. The molecule has 0 heterocycles. The summed E-state index contributed by atoms with van der Waals surface area (Å²) in [5, 5.41) is 0. The molecule has 0 aromatic carbocycles. The van der Waals surface area contributed by atoms with Gasteiger partial charge in [0, 0.05) is 7.11 Å². The standard InChI is InChI=1S/C4H6F4O2/c1-9-2-3(5)10-4(6,7)8/h3H,2H2,1H3. The SMILES string of the molecule is COCC(F)OC(F)(F)F. The Balaban J connectivity index is 3.47. The third-order valence-electron chi connectivity index (χ3n) is 0.559. The lowest BCUT2D eigenvalue weighted by molar-refractivity contribution is -0.363. The van der Waals surface area contributed by atoms with Gasteiger partial charge in [0.05, 0.1) is 0 Å². The Hall–Kier alpha value is -0.360. The second-order valence-corrected chi connectivity index (χ2v) is 1.43. The largest absolute Gasteiger partial charge is 0.525 e. The minimum absolute atomic E-state index is 0.723. The van der Waals surface area contributed by atoms with Crippen molar-refractivity contribution in [3.05, 3.63) is 0 Å². The van der Waals surface area contributed by atoms with Crippen molar-refractivity contribution in [1.82, 2.24) is 0 Å². The molecule has 0 amide bonds. The van der Waals surface area contributed by atoms with Crippen molar-refractivity contribution in [2.45, 2.75) is 12.7 Å². The fourth-order valence-electron chi connectivity index (χ4n) is 0.310.